The summed E-state index contributed by atoms with van der Waals surface area (Å²) in [6.07, 6.45) is 0.715. The van der Waals surface area contributed by atoms with Crippen molar-refractivity contribution in [1.29, 1.82) is 0 Å². The molecule has 11 heavy (non-hydrogen) atoms. The number of amidine groups is 1. The van der Waals surface area contributed by atoms with Crippen LogP contribution in [0.3, 0.4) is 0 Å². The largest absolute Gasteiger partial charge is 0.477 e. The molecule has 0 saturated carbocycles. The van der Waals surface area contributed by atoms with Crippen LogP contribution in [0.5, 0.6) is 0 Å². The molecule has 0 unspecified atom stereocenters. The second kappa shape index (κ2) is 2.06. The molecule has 1 aliphatic heterocycles. The highest BCUT2D eigenvalue weighted by molar-refractivity contribution is 8.10. The van der Waals surface area contributed by atoms with E-state index >= 15 is 0 Å². The summed E-state index contributed by atoms with van der Waals surface area (Å²) in [7, 11) is -3.98. The molecular formula is C4H4N2O4S. The minimum absolute atomic E-state index is 0.671. The molecule has 0 aromatic heterocycles. The van der Waals surface area contributed by atoms with E-state index in [-0.39, 0.29) is 0 Å². The first kappa shape index (κ1) is 7.73. The Bertz CT molecular complexity index is 364. The summed E-state index contributed by atoms with van der Waals surface area (Å²) in [5.41, 5.74) is 4.89. The molecule has 7 heteroatoms. The van der Waals surface area contributed by atoms with Gasteiger partial charge in [0, 0.05) is 0 Å². The molecule has 0 atom stereocenters. The van der Waals surface area contributed by atoms with Crippen molar-refractivity contribution >= 4 is 21.0 Å². The Kier molecular flexibility index (Phi) is 1.45. The lowest BCUT2D eigenvalue weighted by Gasteiger charge is -1.93. The van der Waals surface area contributed by atoms with Gasteiger partial charge in [0.1, 0.15) is 0 Å². The number of nitrogens with zero attached hydrogens (tertiary/aromatic N) is 1. The maximum Gasteiger partial charge on any atom is 0.349 e. The van der Waals surface area contributed by atoms with E-state index in [1.165, 1.54) is 0 Å². The van der Waals surface area contributed by atoms with E-state index in [0.717, 1.165) is 0 Å². The third kappa shape index (κ3) is 0.984. The van der Waals surface area contributed by atoms with Gasteiger partial charge in [0.15, 0.2) is 4.91 Å². The number of hydrogen-bond donors (Lipinski definition) is 2. The lowest BCUT2D eigenvalue weighted by molar-refractivity contribution is -0.131. The number of hydrogen-bond acceptors (Lipinski definition) is 5. The molecule has 0 bridgehead atoms. The van der Waals surface area contributed by atoms with Gasteiger partial charge in [-0.05, 0) is 0 Å². The average Bonchev–Trinajstić information content (AvgIpc) is 2.08. The normalized spacial score (nSPS) is 20.7. The fourth-order valence-corrected chi connectivity index (χ4v) is 1.38. The monoisotopic (exact) mass is 176 g/mol. The SMILES string of the molecule is NC1=NC=C(C(=O)O)S1(=O)=O. The Balaban J connectivity index is 3.23. The topological polar surface area (TPSA) is 110 Å². The van der Waals surface area contributed by atoms with Gasteiger partial charge in [-0.1, -0.05) is 0 Å². The van der Waals surface area contributed by atoms with E-state index < -0.39 is 25.9 Å². The second-order valence-corrected chi connectivity index (χ2v) is 3.63. The van der Waals surface area contributed by atoms with Crippen LogP contribution in [0, 0.1) is 0 Å². The molecule has 0 spiro atoms. The standard InChI is InChI=1S/C4H4N2O4S/c5-4-6-1-2(3(7)8)11(4,9)10/h1H,(H2,5,6)(H,7,8). The molecule has 6 nitrogen and oxygen atoms in total. The Morgan fingerprint density at radius 1 is 1.64 bits per heavy atom. The van der Waals surface area contributed by atoms with Crippen LogP contribution in [0.25, 0.3) is 0 Å². The molecule has 0 aromatic rings. The molecule has 0 amide bonds. The van der Waals surface area contributed by atoms with Gasteiger partial charge in [0.25, 0.3) is 0 Å². The summed E-state index contributed by atoms with van der Waals surface area (Å²) in [4.78, 5) is 12.6. The number of carboxylic acids is 1. The zero-order valence-electron chi connectivity index (χ0n) is 5.18. The number of aliphatic carboxylic acids is 1. The molecule has 0 aromatic carbocycles. The van der Waals surface area contributed by atoms with Crippen molar-refractivity contribution in [1.82, 2.24) is 0 Å². The first-order valence-corrected chi connectivity index (χ1v) is 3.96. The van der Waals surface area contributed by atoms with Crippen molar-refractivity contribution < 1.29 is 18.3 Å². The van der Waals surface area contributed by atoms with Crippen LogP contribution in [0.4, 0.5) is 0 Å². The molecule has 60 valence electrons. The number of sulfone groups is 1. The van der Waals surface area contributed by atoms with Gasteiger partial charge in [-0.15, -0.1) is 0 Å². The van der Waals surface area contributed by atoms with Gasteiger partial charge in [0.2, 0.25) is 15.0 Å². The van der Waals surface area contributed by atoms with Crippen LogP contribution >= 0.6 is 0 Å². The van der Waals surface area contributed by atoms with E-state index in [1.54, 1.807) is 0 Å². The number of carbonyl (C=O) groups is 1. The summed E-state index contributed by atoms with van der Waals surface area (Å²) in [6, 6.07) is 0. The molecule has 0 radical (unpaired) electrons. The molecular weight excluding hydrogens is 172 g/mol. The third-order valence-electron chi connectivity index (χ3n) is 1.08. The minimum Gasteiger partial charge on any atom is -0.477 e. The molecule has 1 heterocycles. The average molecular weight is 176 g/mol. The van der Waals surface area contributed by atoms with Crippen LogP contribution in [0.15, 0.2) is 16.1 Å². The predicted octanol–water partition coefficient (Wildman–Crippen LogP) is -1.34. The highest BCUT2D eigenvalue weighted by Gasteiger charge is 2.32. The van der Waals surface area contributed by atoms with Crippen LogP contribution in [0.2, 0.25) is 0 Å². The Hall–Kier alpha value is -1.37. The minimum atomic E-state index is -3.98. The molecule has 0 saturated heterocycles. The van der Waals surface area contributed by atoms with Gasteiger partial charge in [-0.2, -0.15) is 0 Å². The molecule has 1 rings (SSSR count). The fraction of sp³-hybridized carbons (Fsp3) is 0. The zero-order chi connectivity index (χ0) is 8.65. The summed E-state index contributed by atoms with van der Waals surface area (Å²) < 4.78 is 21.7. The fourth-order valence-electron chi connectivity index (χ4n) is 0.544. The lowest BCUT2D eigenvalue weighted by Crippen LogP contribution is -2.24. The van der Waals surface area contributed by atoms with Crippen LogP contribution in [-0.2, 0) is 14.6 Å². The number of nitrogens with two attached hydrogens (primary N) is 1. The van der Waals surface area contributed by atoms with Gasteiger partial charge in [-0.3, -0.25) is 0 Å². The van der Waals surface area contributed by atoms with Crippen molar-refractivity contribution in [3.63, 3.8) is 0 Å². The van der Waals surface area contributed by atoms with Gasteiger partial charge >= 0.3 is 5.97 Å². The maximum atomic E-state index is 10.8. The quantitative estimate of drug-likeness (QED) is 0.513. The van der Waals surface area contributed by atoms with Crippen molar-refractivity contribution in [3.05, 3.63) is 11.1 Å². The van der Waals surface area contributed by atoms with Gasteiger partial charge < -0.3 is 10.8 Å². The van der Waals surface area contributed by atoms with Crippen LogP contribution < -0.4 is 5.73 Å². The molecule has 0 aliphatic carbocycles. The summed E-state index contributed by atoms with van der Waals surface area (Å²) in [5, 5.41) is 7.62. The van der Waals surface area contributed by atoms with E-state index in [9.17, 15) is 13.2 Å². The van der Waals surface area contributed by atoms with Crippen LogP contribution in [0.1, 0.15) is 0 Å². The van der Waals surface area contributed by atoms with Crippen LogP contribution in [-0.4, -0.2) is 24.7 Å². The molecule has 3 N–H and O–H groups in total. The van der Waals surface area contributed by atoms with Crippen molar-refractivity contribution in [2.45, 2.75) is 0 Å². The third-order valence-corrected chi connectivity index (χ3v) is 2.60. The smallest absolute Gasteiger partial charge is 0.349 e. The van der Waals surface area contributed by atoms with E-state index in [4.69, 9.17) is 10.8 Å². The van der Waals surface area contributed by atoms with Crippen molar-refractivity contribution in [2.24, 2.45) is 10.7 Å². The Morgan fingerprint density at radius 2 is 2.18 bits per heavy atom. The Morgan fingerprint density at radius 3 is 2.36 bits per heavy atom. The van der Waals surface area contributed by atoms with Crippen molar-refractivity contribution in [2.75, 3.05) is 0 Å². The number of aliphatic imine (C=N–C) groups is 1. The summed E-state index contributed by atoms with van der Waals surface area (Å²) in [6.45, 7) is 0. The Labute approximate surface area is 62.0 Å². The lowest BCUT2D eigenvalue weighted by atomic mass is 10.6. The van der Waals surface area contributed by atoms with Gasteiger partial charge in [0.05, 0.1) is 6.20 Å². The maximum absolute atomic E-state index is 10.8. The van der Waals surface area contributed by atoms with E-state index in [2.05, 4.69) is 4.99 Å². The predicted molar refractivity (Wildman–Crippen MR) is 36.3 cm³/mol. The number of rotatable bonds is 1. The van der Waals surface area contributed by atoms with E-state index in [0.29, 0.717) is 6.20 Å². The molecule has 0 fully saturated rings. The summed E-state index contributed by atoms with van der Waals surface area (Å²) in [5.74, 6) is -1.55. The van der Waals surface area contributed by atoms with Crippen molar-refractivity contribution in [3.8, 4) is 0 Å². The van der Waals surface area contributed by atoms with Gasteiger partial charge in [-0.25, -0.2) is 18.2 Å². The first-order valence-electron chi connectivity index (χ1n) is 2.48. The summed E-state index contributed by atoms with van der Waals surface area (Å²) >= 11 is 0. The highest BCUT2D eigenvalue weighted by atomic mass is 32.2. The zero-order valence-corrected chi connectivity index (χ0v) is 6.00. The molecule has 1 aliphatic rings. The number of carboxylic acid groups (broad SMARTS) is 1. The first-order chi connectivity index (χ1) is 4.96. The highest BCUT2D eigenvalue weighted by Crippen LogP contribution is 2.13. The second-order valence-electron chi connectivity index (χ2n) is 1.77. The van der Waals surface area contributed by atoms with E-state index in [1.807, 2.05) is 0 Å².